The molecule has 7 heteroatoms. The van der Waals surface area contributed by atoms with Gasteiger partial charge in [-0.3, -0.25) is 4.79 Å². The Hall–Kier alpha value is -2.12. The number of rotatable bonds is 7. The molecule has 1 unspecified atom stereocenters. The first-order valence-electron chi connectivity index (χ1n) is 9.46. The first kappa shape index (κ1) is 22.2. The number of nitrogens with zero attached hydrogens (tertiary/aromatic N) is 1. The Kier molecular flexibility index (Phi) is 6.72. The van der Waals surface area contributed by atoms with Gasteiger partial charge in [-0.2, -0.15) is 0 Å². The van der Waals surface area contributed by atoms with Crippen molar-refractivity contribution in [3.05, 3.63) is 39.7 Å². The fourth-order valence-corrected chi connectivity index (χ4v) is 3.83. The van der Waals surface area contributed by atoms with Gasteiger partial charge < -0.3 is 18.5 Å². The Morgan fingerprint density at radius 2 is 1.82 bits per heavy atom. The molecule has 1 heterocycles. The van der Waals surface area contributed by atoms with Gasteiger partial charge in [0.15, 0.2) is 8.32 Å². The maximum atomic E-state index is 13.0. The number of ether oxygens (including phenoxy) is 2. The summed E-state index contributed by atoms with van der Waals surface area (Å²) in [5, 5.41) is 0.472. The first-order valence-corrected chi connectivity index (χ1v) is 12.9. The van der Waals surface area contributed by atoms with Crippen molar-refractivity contribution in [1.29, 1.82) is 0 Å². The Bertz CT molecular complexity index is 927. The molecular weight excluding hydrogens is 374 g/mol. The van der Waals surface area contributed by atoms with Crippen molar-refractivity contribution in [2.45, 2.75) is 46.5 Å². The minimum absolute atomic E-state index is 0.0261. The van der Waals surface area contributed by atoms with E-state index < -0.39 is 14.3 Å². The van der Waals surface area contributed by atoms with Crippen LogP contribution in [0.25, 0.3) is 10.9 Å². The maximum Gasteiger partial charge on any atom is 0.343 e. The van der Waals surface area contributed by atoms with Crippen molar-refractivity contribution >= 4 is 25.2 Å². The van der Waals surface area contributed by atoms with Crippen LogP contribution >= 0.6 is 0 Å². The third-order valence-corrected chi connectivity index (χ3v) is 5.80. The lowest BCUT2D eigenvalue weighted by Crippen LogP contribution is -2.32. The summed E-state index contributed by atoms with van der Waals surface area (Å²) in [4.78, 5) is 25.2. The lowest BCUT2D eigenvalue weighted by molar-refractivity contribution is 0.0598. The molecule has 0 aliphatic heterocycles. The van der Waals surface area contributed by atoms with E-state index in [0.29, 0.717) is 17.7 Å². The van der Waals surface area contributed by atoms with Crippen molar-refractivity contribution in [3.63, 3.8) is 0 Å². The highest BCUT2D eigenvalue weighted by Crippen LogP contribution is 2.29. The number of fused-ring (bicyclic) bond motifs is 1. The number of aryl methyl sites for hydroxylation is 1. The number of carbonyl (C=O) groups is 1. The van der Waals surface area contributed by atoms with E-state index in [4.69, 9.17) is 13.9 Å². The van der Waals surface area contributed by atoms with Gasteiger partial charge in [0.1, 0.15) is 11.3 Å². The molecule has 1 atom stereocenters. The number of hydrogen-bond acceptors (Lipinski definition) is 5. The number of methoxy groups -OCH3 is 2. The standard InChI is InChI=1S/C21H31NO5Si/c1-13(2)18(12-27-28(6,7)8)22-11-16(21(24)26-5)20(23)15-9-14(3)19(25-4)10-17(15)22/h9-11,13,18H,12H2,1-8H3. The number of esters is 1. The molecule has 0 aliphatic carbocycles. The molecule has 28 heavy (non-hydrogen) atoms. The van der Waals surface area contributed by atoms with Crippen molar-refractivity contribution < 1.29 is 18.7 Å². The molecule has 0 radical (unpaired) electrons. The zero-order chi connectivity index (χ0) is 21.2. The van der Waals surface area contributed by atoms with E-state index in [1.165, 1.54) is 7.11 Å². The second-order valence-electron chi connectivity index (χ2n) is 8.34. The van der Waals surface area contributed by atoms with Crippen LogP contribution in [0.2, 0.25) is 19.6 Å². The van der Waals surface area contributed by atoms with E-state index in [1.54, 1.807) is 19.4 Å². The molecule has 0 saturated carbocycles. The molecule has 6 nitrogen and oxygen atoms in total. The Labute approximate surface area is 167 Å². The molecule has 0 bridgehead atoms. The molecule has 1 aromatic carbocycles. The van der Waals surface area contributed by atoms with Crippen LogP contribution < -0.4 is 10.2 Å². The molecule has 0 amide bonds. The highest BCUT2D eigenvalue weighted by atomic mass is 28.4. The van der Waals surface area contributed by atoms with Gasteiger partial charge in [-0.25, -0.2) is 4.79 Å². The normalized spacial score (nSPS) is 13.0. The Balaban J connectivity index is 2.81. The molecular formula is C21H31NO5Si. The second kappa shape index (κ2) is 8.49. The summed E-state index contributed by atoms with van der Waals surface area (Å²) in [5.41, 5.74) is 1.24. The van der Waals surface area contributed by atoms with Crippen molar-refractivity contribution in [1.82, 2.24) is 4.57 Å². The highest BCUT2D eigenvalue weighted by molar-refractivity contribution is 6.69. The van der Waals surface area contributed by atoms with Crippen LogP contribution in [0.4, 0.5) is 0 Å². The summed E-state index contributed by atoms with van der Waals surface area (Å²) in [7, 11) is 1.15. The van der Waals surface area contributed by atoms with Crippen LogP contribution in [0.5, 0.6) is 5.75 Å². The fourth-order valence-electron chi connectivity index (χ4n) is 3.16. The van der Waals surface area contributed by atoms with E-state index in [9.17, 15) is 9.59 Å². The molecule has 0 spiro atoms. The van der Waals surface area contributed by atoms with Gasteiger partial charge in [0.05, 0.1) is 32.4 Å². The molecule has 0 aliphatic rings. The maximum absolute atomic E-state index is 13.0. The molecule has 0 saturated heterocycles. The van der Waals surface area contributed by atoms with Gasteiger partial charge in [-0.15, -0.1) is 0 Å². The van der Waals surface area contributed by atoms with Gasteiger partial charge in [0, 0.05) is 17.6 Å². The third kappa shape index (κ3) is 4.64. The van der Waals surface area contributed by atoms with Gasteiger partial charge in [0.25, 0.3) is 0 Å². The van der Waals surface area contributed by atoms with Crippen molar-refractivity contribution in [2.75, 3.05) is 20.8 Å². The Morgan fingerprint density at radius 1 is 1.18 bits per heavy atom. The highest BCUT2D eigenvalue weighted by Gasteiger charge is 2.25. The fraction of sp³-hybridized carbons (Fsp3) is 0.524. The molecule has 0 fully saturated rings. The quantitative estimate of drug-likeness (QED) is 0.511. The lowest BCUT2D eigenvalue weighted by atomic mass is 10.0. The molecule has 0 N–H and O–H groups in total. The minimum atomic E-state index is -1.74. The zero-order valence-corrected chi connectivity index (χ0v) is 19.1. The van der Waals surface area contributed by atoms with E-state index in [0.717, 1.165) is 11.1 Å². The average Bonchev–Trinajstić information content (AvgIpc) is 2.61. The lowest BCUT2D eigenvalue weighted by Gasteiger charge is -2.30. The third-order valence-electron chi connectivity index (χ3n) is 4.77. The van der Waals surface area contributed by atoms with Crippen molar-refractivity contribution in [3.8, 4) is 5.75 Å². The average molecular weight is 406 g/mol. The Morgan fingerprint density at radius 3 is 2.32 bits per heavy atom. The van der Waals surface area contributed by atoms with Crippen LogP contribution in [0, 0.1) is 12.8 Å². The van der Waals surface area contributed by atoms with E-state index in [-0.39, 0.29) is 23.0 Å². The SMILES string of the molecule is COC(=O)c1cn(C(CO[Si](C)(C)C)C(C)C)c2cc(OC)c(C)cc2c1=O. The number of pyridine rings is 1. The zero-order valence-electron chi connectivity index (χ0n) is 18.1. The smallest absolute Gasteiger partial charge is 0.343 e. The van der Waals surface area contributed by atoms with E-state index in [2.05, 4.69) is 33.5 Å². The predicted octanol–water partition coefficient (Wildman–Crippen LogP) is 4.15. The molecule has 154 valence electrons. The molecule has 2 aromatic rings. The van der Waals surface area contributed by atoms with Crippen LogP contribution in [-0.4, -0.2) is 39.7 Å². The monoisotopic (exact) mass is 405 g/mol. The summed E-state index contributed by atoms with van der Waals surface area (Å²) in [6, 6.07) is 3.58. The van der Waals surface area contributed by atoms with E-state index >= 15 is 0 Å². The summed E-state index contributed by atoms with van der Waals surface area (Å²) < 4.78 is 18.5. The topological polar surface area (TPSA) is 66.8 Å². The summed E-state index contributed by atoms with van der Waals surface area (Å²) in [6.45, 7) is 13.0. The van der Waals surface area contributed by atoms with Crippen LogP contribution in [0.3, 0.4) is 0 Å². The minimum Gasteiger partial charge on any atom is -0.496 e. The number of aromatic nitrogens is 1. The second-order valence-corrected chi connectivity index (χ2v) is 12.9. The van der Waals surface area contributed by atoms with Crippen molar-refractivity contribution in [2.24, 2.45) is 5.92 Å². The summed E-state index contributed by atoms with van der Waals surface area (Å²) in [5.74, 6) is 0.280. The summed E-state index contributed by atoms with van der Waals surface area (Å²) in [6.07, 6.45) is 1.60. The first-order chi connectivity index (χ1) is 13.0. The van der Waals surface area contributed by atoms with Gasteiger partial charge >= 0.3 is 5.97 Å². The van der Waals surface area contributed by atoms with Crippen LogP contribution in [-0.2, 0) is 9.16 Å². The molecule has 1 aromatic heterocycles. The van der Waals surface area contributed by atoms with Crippen LogP contribution in [0.15, 0.2) is 23.1 Å². The van der Waals surface area contributed by atoms with E-state index in [1.807, 2.05) is 17.6 Å². The van der Waals surface area contributed by atoms with Gasteiger partial charge in [-0.05, 0) is 44.1 Å². The number of carbonyl (C=O) groups excluding carboxylic acids is 1. The summed E-state index contributed by atoms with van der Waals surface area (Å²) >= 11 is 0. The van der Waals surface area contributed by atoms with Gasteiger partial charge in [-0.1, -0.05) is 13.8 Å². The van der Waals surface area contributed by atoms with Gasteiger partial charge in [0.2, 0.25) is 5.43 Å². The van der Waals surface area contributed by atoms with Crippen LogP contribution in [0.1, 0.15) is 35.8 Å². The largest absolute Gasteiger partial charge is 0.496 e. The predicted molar refractivity (Wildman–Crippen MR) is 114 cm³/mol. The number of hydrogen-bond donors (Lipinski definition) is 0. The number of benzene rings is 1. The molecule has 2 rings (SSSR count).